The van der Waals surface area contributed by atoms with Crippen LogP contribution >= 0.6 is 0 Å². The van der Waals surface area contributed by atoms with Gasteiger partial charge < -0.3 is 5.11 Å². The van der Waals surface area contributed by atoms with Crippen molar-refractivity contribution >= 4 is 22.5 Å². The van der Waals surface area contributed by atoms with Crippen molar-refractivity contribution in [2.75, 3.05) is 0 Å². The maximum Gasteiger partial charge on any atom is 0.314 e. The van der Waals surface area contributed by atoms with E-state index in [9.17, 15) is 14.7 Å². The van der Waals surface area contributed by atoms with Gasteiger partial charge in [0.1, 0.15) is 5.92 Å². The Hall–Kier alpha value is -2.42. The molecule has 2 aromatic rings. The van der Waals surface area contributed by atoms with Crippen molar-refractivity contribution in [3.63, 3.8) is 0 Å². The van der Waals surface area contributed by atoms with Gasteiger partial charge in [0.05, 0.1) is 0 Å². The van der Waals surface area contributed by atoms with E-state index in [-0.39, 0.29) is 5.78 Å². The number of aliphatic carboxylic acids is 1. The van der Waals surface area contributed by atoms with Crippen LogP contribution in [0, 0.1) is 0 Å². The first-order valence-corrected chi connectivity index (χ1v) is 5.94. The molecule has 96 valence electrons. The molecule has 0 heterocycles. The van der Waals surface area contributed by atoms with Crippen molar-refractivity contribution in [3.8, 4) is 0 Å². The van der Waals surface area contributed by atoms with Crippen LogP contribution in [0.15, 0.2) is 49.1 Å². The number of carbonyl (C=O) groups excluding carboxylic acids is 1. The largest absolute Gasteiger partial charge is 0.481 e. The molecule has 1 unspecified atom stereocenters. The highest BCUT2D eigenvalue weighted by molar-refractivity contribution is 6.09. The maximum atomic E-state index is 11.7. The van der Waals surface area contributed by atoms with Gasteiger partial charge in [0.25, 0.3) is 0 Å². The summed E-state index contributed by atoms with van der Waals surface area (Å²) in [5.74, 6) is -1.86. The van der Waals surface area contributed by atoms with E-state index in [0.29, 0.717) is 16.5 Å². The maximum absolute atomic E-state index is 11.7. The minimum absolute atomic E-state index is 0.0775. The molecule has 0 aromatic heterocycles. The van der Waals surface area contributed by atoms with E-state index in [1.165, 1.54) is 13.0 Å². The van der Waals surface area contributed by atoms with E-state index >= 15 is 0 Å². The fraction of sp³-hybridized carbons (Fsp3) is 0.125. The average molecular weight is 254 g/mol. The van der Waals surface area contributed by atoms with Gasteiger partial charge in [0.15, 0.2) is 5.78 Å². The molecule has 0 saturated carbocycles. The monoisotopic (exact) mass is 254 g/mol. The van der Waals surface area contributed by atoms with Crippen LogP contribution in [-0.2, 0) is 4.79 Å². The fourth-order valence-corrected chi connectivity index (χ4v) is 2.28. The second-order valence-corrected chi connectivity index (χ2v) is 4.36. The standard InChI is InChI=1S/C16H14O3/c1-3-12(16(18)19)14-9-5-7-11-6-4-8-13(10(2)17)15(11)14/h3-9,12H,1H2,2H3,(H,18,19). The summed E-state index contributed by atoms with van der Waals surface area (Å²) in [5.41, 5.74) is 1.15. The number of carboxylic acids is 1. The zero-order chi connectivity index (χ0) is 14.0. The Kier molecular flexibility index (Phi) is 3.47. The molecule has 0 amide bonds. The molecule has 3 heteroatoms. The van der Waals surface area contributed by atoms with E-state index in [0.717, 1.165) is 5.39 Å². The van der Waals surface area contributed by atoms with E-state index in [1.54, 1.807) is 24.3 Å². The normalized spacial score (nSPS) is 12.1. The summed E-state index contributed by atoms with van der Waals surface area (Å²) in [6, 6.07) is 10.8. The summed E-state index contributed by atoms with van der Waals surface area (Å²) in [6.07, 6.45) is 1.38. The Balaban J connectivity index is 2.84. The van der Waals surface area contributed by atoms with Crippen LogP contribution in [0.5, 0.6) is 0 Å². The molecule has 0 aliphatic heterocycles. The van der Waals surface area contributed by atoms with Crippen molar-refractivity contribution in [1.82, 2.24) is 0 Å². The lowest BCUT2D eigenvalue weighted by atomic mass is 9.90. The van der Waals surface area contributed by atoms with Crippen molar-refractivity contribution in [1.29, 1.82) is 0 Å². The first kappa shape index (κ1) is 13.0. The zero-order valence-corrected chi connectivity index (χ0v) is 10.6. The van der Waals surface area contributed by atoms with Gasteiger partial charge in [0, 0.05) is 5.56 Å². The topological polar surface area (TPSA) is 54.4 Å². The number of fused-ring (bicyclic) bond motifs is 1. The van der Waals surface area contributed by atoms with Gasteiger partial charge in [-0.15, -0.1) is 6.58 Å². The first-order chi connectivity index (χ1) is 9.06. The van der Waals surface area contributed by atoms with Crippen molar-refractivity contribution in [2.24, 2.45) is 0 Å². The molecule has 19 heavy (non-hydrogen) atoms. The number of carbonyl (C=O) groups is 2. The van der Waals surface area contributed by atoms with Crippen molar-refractivity contribution in [2.45, 2.75) is 12.8 Å². The number of Topliss-reactive ketones (excluding diaryl/α,β-unsaturated/α-hetero) is 1. The lowest BCUT2D eigenvalue weighted by Crippen LogP contribution is -2.10. The minimum atomic E-state index is -0.971. The summed E-state index contributed by atoms with van der Waals surface area (Å²) in [4.78, 5) is 23.0. The third-order valence-electron chi connectivity index (χ3n) is 3.15. The molecular formula is C16H14O3. The highest BCUT2D eigenvalue weighted by Crippen LogP contribution is 2.29. The van der Waals surface area contributed by atoms with Crippen LogP contribution in [0.3, 0.4) is 0 Å². The van der Waals surface area contributed by atoms with Gasteiger partial charge in [-0.25, -0.2) is 0 Å². The SMILES string of the molecule is C=CC(C(=O)O)c1cccc2cccc(C(C)=O)c12. The lowest BCUT2D eigenvalue weighted by Gasteiger charge is -2.13. The summed E-state index contributed by atoms with van der Waals surface area (Å²) < 4.78 is 0. The first-order valence-electron chi connectivity index (χ1n) is 5.94. The van der Waals surface area contributed by atoms with E-state index < -0.39 is 11.9 Å². The predicted octanol–water partition coefficient (Wildman–Crippen LogP) is 3.40. The number of rotatable bonds is 4. The van der Waals surface area contributed by atoms with Crippen molar-refractivity contribution < 1.29 is 14.7 Å². The summed E-state index contributed by atoms with van der Waals surface area (Å²) in [6.45, 7) is 5.06. The molecular weight excluding hydrogens is 240 g/mol. The molecule has 0 radical (unpaired) electrons. The third-order valence-corrected chi connectivity index (χ3v) is 3.15. The van der Waals surface area contributed by atoms with E-state index in [1.807, 2.05) is 12.1 Å². The molecule has 0 aliphatic carbocycles. The van der Waals surface area contributed by atoms with Crippen LogP contribution < -0.4 is 0 Å². The number of hydrogen-bond donors (Lipinski definition) is 1. The number of carboxylic acid groups (broad SMARTS) is 1. The minimum Gasteiger partial charge on any atom is -0.481 e. The molecule has 0 fully saturated rings. The predicted molar refractivity (Wildman–Crippen MR) is 74.5 cm³/mol. The van der Waals surface area contributed by atoms with Gasteiger partial charge in [-0.1, -0.05) is 42.5 Å². The Morgan fingerprint density at radius 1 is 1.21 bits per heavy atom. The molecule has 3 nitrogen and oxygen atoms in total. The van der Waals surface area contributed by atoms with Gasteiger partial charge in [0.2, 0.25) is 0 Å². The van der Waals surface area contributed by atoms with E-state index in [2.05, 4.69) is 6.58 Å². The van der Waals surface area contributed by atoms with Crippen LogP contribution in [0.4, 0.5) is 0 Å². The Morgan fingerprint density at radius 2 is 1.84 bits per heavy atom. The molecule has 0 bridgehead atoms. The molecule has 1 atom stereocenters. The molecule has 0 aliphatic rings. The van der Waals surface area contributed by atoms with Gasteiger partial charge in [-0.05, 0) is 23.3 Å². The summed E-state index contributed by atoms with van der Waals surface area (Å²) >= 11 is 0. The van der Waals surface area contributed by atoms with Crippen LogP contribution in [0.2, 0.25) is 0 Å². The van der Waals surface area contributed by atoms with Gasteiger partial charge in [-0.3, -0.25) is 9.59 Å². The summed E-state index contributed by atoms with van der Waals surface area (Å²) in [5, 5.41) is 10.8. The van der Waals surface area contributed by atoms with Crippen LogP contribution in [0.25, 0.3) is 10.8 Å². The number of benzene rings is 2. The van der Waals surface area contributed by atoms with Crippen LogP contribution in [-0.4, -0.2) is 16.9 Å². The molecule has 2 rings (SSSR count). The van der Waals surface area contributed by atoms with Gasteiger partial charge in [-0.2, -0.15) is 0 Å². The summed E-state index contributed by atoms with van der Waals surface area (Å²) in [7, 11) is 0. The Morgan fingerprint density at radius 3 is 2.37 bits per heavy atom. The number of ketones is 1. The van der Waals surface area contributed by atoms with E-state index in [4.69, 9.17) is 0 Å². The second-order valence-electron chi connectivity index (χ2n) is 4.36. The molecule has 1 N–H and O–H groups in total. The quantitative estimate of drug-likeness (QED) is 0.672. The molecule has 2 aromatic carbocycles. The third kappa shape index (κ3) is 2.27. The second kappa shape index (κ2) is 5.06. The lowest BCUT2D eigenvalue weighted by molar-refractivity contribution is -0.137. The fourth-order valence-electron chi connectivity index (χ4n) is 2.28. The molecule has 0 spiro atoms. The number of hydrogen-bond acceptors (Lipinski definition) is 2. The average Bonchev–Trinajstić information content (AvgIpc) is 2.38. The highest BCUT2D eigenvalue weighted by Gasteiger charge is 2.20. The molecule has 0 saturated heterocycles. The zero-order valence-electron chi connectivity index (χ0n) is 10.6. The Labute approximate surface area is 111 Å². The Bertz CT molecular complexity index is 665. The highest BCUT2D eigenvalue weighted by atomic mass is 16.4. The van der Waals surface area contributed by atoms with Gasteiger partial charge >= 0.3 is 5.97 Å². The van der Waals surface area contributed by atoms with Crippen LogP contribution in [0.1, 0.15) is 28.8 Å². The van der Waals surface area contributed by atoms with Crippen molar-refractivity contribution in [3.05, 3.63) is 60.2 Å². The smallest absolute Gasteiger partial charge is 0.314 e.